The van der Waals surface area contributed by atoms with E-state index in [1.165, 1.54) is 12.0 Å². The fourth-order valence-corrected chi connectivity index (χ4v) is 2.88. The van der Waals surface area contributed by atoms with Crippen LogP contribution in [0.25, 0.3) is 11.5 Å². The fourth-order valence-electron chi connectivity index (χ4n) is 2.88. The van der Waals surface area contributed by atoms with Crippen molar-refractivity contribution < 1.29 is 9.21 Å². The van der Waals surface area contributed by atoms with Crippen molar-refractivity contribution in [3.05, 3.63) is 66.6 Å². The average molecular weight is 320 g/mol. The molecule has 6 heteroatoms. The highest BCUT2D eigenvalue weighted by molar-refractivity contribution is 5.90. The first-order valence-corrected chi connectivity index (χ1v) is 7.80. The van der Waals surface area contributed by atoms with E-state index in [0.29, 0.717) is 11.6 Å². The van der Waals surface area contributed by atoms with Gasteiger partial charge in [0, 0.05) is 17.8 Å². The van der Waals surface area contributed by atoms with Crippen molar-refractivity contribution in [1.29, 1.82) is 0 Å². The van der Waals surface area contributed by atoms with Crippen LogP contribution < -0.4 is 5.32 Å². The molecule has 1 N–H and O–H groups in total. The van der Waals surface area contributed by atoms with E-state index >= 15 is 0 Å². The van der Waals surface area contributed by atoms with Gasteiger partial charge in [-0.3, -0.25) is 0 Å². The van der Waals surface area contributed by atoms with Gasteiger partial charge in [-0.05, 0) is 30.2 Å². The van der Waals surface area contributed by atoms with Gasteiger partial charge in [-0.15, -0.1) is 10.2 Å². The molecular formula is C18H16N4O2. The Balaban J connectivity index is 1.48. The van der Waals surface area contributed by atoms with E-state index < -0.39 is 0 Å². The highest BCUT2D eigenvalue weighted by atomic mass is 16.4. The van der Waals surface area contributed by atoms with E-state index in [2.05, 4.69) is 27.6 Å². The molecule has 0 aliphatic carbocycles. The van der Waals surface area contributed by atoms with Gasteiger partial charge in [0.2, 0.25) is 12.3 Å². The molecule has 24 heavy (non-hydrogen) atoms. The minimum absolute atomic E-state index is 0.0993. The van der Waals surface area contributed by atoms with Crippen LogP contribution in [0.4, 0.5) is 10.5 Å². The summed E-state index contributed by atoms with van der Waals surface area (Å²) in [4.78, 5) is 14.4. The Bertz CT molecular complexity index is 833. The Morgan fingerprint density at radius 2 is 2.04 bits per heavy atom. The van der Waals surface area contributed by atoms with Gasteiger partial charge >= 0.3 is 6.03 Å². The smallest absolute Gasteiger partial charge is 0.322 e. The Hall–Kier alpha value is -3.15. The number of rotatable bonds is 3. The maximum atomic E-state index is 12.5. The highest BCUT2D eigenvalue weighted by Crippen LogP contribution is 2.33. The third kappa shape index (κ3) is 2.74. The Kier molecular flexibility index (Phi) is 3.70. The standard InChI is InChI=1S/C18H16N4O2/c23-18(22-10-9-16(22)13-5-2-1-3-6-13)20-15-8-4-7-14(11-15)17-21-19-12-24-17/h1-8,11-12,16H,9-10H2,(H,20,23)/t16-/m0/s1. The van der Waals surface area contributed by atoms with Crippen molar-refractivity contribution in [3.8, 4) is 11.5 Å². The van der Waals surface area contributed by atoms with Gasteiger partial charge in [-0.2, -0.15) is 0 Å². The molecule has 1 atom stereocenters. The topological polar surface area (TPSA) is 71.3 Å². The van der Waals surface area contributed by atoms with E-state index in [-0.39, 0.29) is 12.1 Å². The SMILES string of the molecule is O=C(Nc1cccc(-c2nnco2)c1)N1CC[C@H]1c1ccccc1. The second-order valence-electron chi connectivity index (χ2n) is 5.66. The summed E-state index contributed by atoms with van der Waals surface area (Å²) in [5.41, 5.74) is 2.64. The number of hydrogen-bond donors (Lipinski definition) is 1. The second-order valence-corrected chi connectivity index (χ2v) is 5.66. The van der Waals surface area contributed by atoms with E-state index in [9.17, 15) is 4.79 Å². The van der Waals surface area contributed by atoms with Crippen LogP contribution in [0, 0.1) is 0 Å². The lowest BCUT2D eigenvalue weighted by Crippen LogP contribution is -2.47. The van der Waals surface area contributed by atoms with Crippen LogP contribution in [0.5, 0.6) is 0 Å². The summed E-state index contributed by atoms with van der Waals surface area (Å²) in [5.74, 6) is 0.428. The third-order valence-corrected chi connectivity index (χ3v) is 4.19. The van der Waals surface area contributed by atoms with Gasteiger partial charge in [-0.25, -0.2) is 4.79 Å². The first-order valence-electron chi connectivity index (χ1n) is 7.80. The second kappa shape index (κ2) is 6.16. The first kappa shape index (κ1) is 14.4. The van der Waals surface area contributed by atoms with Gasteiger partial charge in [-0.1, -0.05) is 36.4 Å². The Morgan fingerprint density at radius 1 is 1.17 bits per heavy atom. The first-order chi connectivity index (χ1) is 11.8. The van der Waals surface area contributed by atoms with E-state index in [1.54, 1.807) is 0 Å². The van der Waals surface area contributed by atoms with E-state index in [4.69, 9.17) is 4.42 Å². The maximum Gasteiger partial charge on any atom is 0.322 e. The fraction of sp³-hybridized carbons (Fsp3) is 0.167. The molecule has 0 spiro atoms. The van der Waals surface area contributed by atoms with Crippen LogP contribution in [0.3, 0.4) is 0 Å². The largest absolute Gasteiger partial charge is 0.423 e. The van der Waals surface area contributed by atoms with Crippen molar-refractivity contribution in [2.24, 2.45) is 0 Å². The van der Waals surface area contributed by atoms with Gasteiger partial charge < -0.3 is 14.6 Å². The molecule has 2 aromatic carbocycles. The quantitative estimate of drug-likeness (QED) is 0.798. The number of benzene rings is 2. The number of urea groups is 1. The normalized spacial score (nSPS) is 16.5. The molecule has 3 aromatic rings. The molecule has 0 radical (unpaired) electrons. The minimum atomic E-state index is -0.0993. The van der Waals surface area contributed by atoms with Crippen LogP contribution >= 0.6 is 0 Å². The van der Waals surface area contributed by atoms with Gasteiger partial charge in [0.15, 0.2) is 0 Å². The molecule has 2 amide bonds. The highest BCUT2D eigenvalue weighted by Gasteiger charge is 2.33. The molecule has 1 saturated heterocycles. The molecule has 2 heterocycles. The van der Waals surface area contributed by atoms with Crippen molar-refractivity contribution >= 4 is 11.7 Å². The number of carbonyl (C=O) groups excluding carboxylic acids is 1. The Labute approximate surface area is 139 Å². The van der Waals surface area contributed by atoms with Crippen LogP contribution in [0.1, 0.15) is 18.0 Å². The number of carbonyl (C=O) groups is 1. The maximum absolute atomic E-state index is 12.5. The predicted octanol–water partition coefficient (Wildman–Crippen LogP) is 3.72. The number of likely N-dealkylation sites (tertiary alicyclic amines) is 1. The van der Waals surface area contributed by atoms with Crippen molar-refractivity contribution in [2.75, 3.05) is 11.9 Å². The molecule has 0 saturated carbocycles. The molecule has 1 aliphatic heterocycles. The zero-order valence-electron chi connectivity index (χ0n) is 12.9. The number of aromatic nitrogens is 2. The van der Waals surface area contributed by atoms with Crippen LogP contribution in [0.2, 0.25) is 0 Å². The molecule has 0 bridgehead atoms. The zero-order chi connectivity index (χ0) is 16.4. The molecule has 0 unspecified atom stereocenters. The summed E-state index contributed by atoms with van der Waals surface area (Å²) in [6.07, 6.45) is 2.27. The van der Waals surface area contributed by atoms with Gasteiger partial charge in [0.05, 0.1) is 6.04 Å². The molecule has 4 rings (SSSR count). The molecular weight excluding hydrogens is 304 g/mol. The lowest BCUT2D eigenvalue weighted by Gasteiger charge is -2.41. The number of anilines is 1. The third-order valence-electron chi connectivity index (χ3n) is 4.19. The lowest BCUT2D eigenvalue weighted by atomic mass is 9.95. The molecule has 1 aliphatic rings. The predicted molar refractivity (Wildman–Crippen MR) is 89.3 cm³/mol. The van der Waals surface area contributed by atoms with Gasteiger partial charge in [0.25, 0.3) is 0 Å². The summed E-state index contributed by atoms with van der Waals surface area (Å²) in [5, 5.41) is 10.5. The lowest BCUT2D eigenvalue weighted by molar-refractivity contribution is 0.126. The molecule has 1 aromatic heterocycles. The molecule has 6 nitrogen and oxygen atoms in total. The molecule has 1 fully saturated rings. The Morgan fingerprint density at radius 3 is 2.75 bits per heavy atom. The van der Waals surface area contributed by atoms with Crippen LogP contribution in [-0.4, -0.2) is 27.7 Å². The van der Waals surface area contributed by atoms with Crippen LogP contribution in [-0.2, 0) is 0 Å². The van der Waals surface area contributed by atoms with Crippen molar-refractivity contribution in [1.82, 2.24) is 15.1 Å². The minimum Gasteiger partial charge on any atom is -0.423 e. The zero-order valence-corrected chi connectivity index (χ0v) is 12.9. The van der Waals surface area contributed by atoms with Gasteiger partial charge in [0.1, 0.15) is 0 Å². The average Bonchev–Trinajstić information content (AvgIpc) is 3.09. The number of nitrogens with one attached hydrogen (secondary N) is 1. The number of hydrogen-bond acceptors (Lipinski definition) is 4. The van der Waals surface area contributed by atoms with E-state index in [1.807, 2.05) is 47.4 Å². The number of amides is 2. The monoisotopic (exact) mass is 320 g/mol. The van der Waals surface area contributed by atoms with E-state index in [0.717, 1.165) is 18.5 Å². The summed E-state index contributed by atoms with van der Waals surface area (Å²) in [7, 11) is 0. The summed E-state index contributed by atoms with van der Waals surface area (Å²) >= 11 is 0. The number of nitrogens with zero attached hydrogens (tertiary/aromatic N) is 3. The summed E-state index contributed by atoms with van der Waals surface area (Å²) in [6.45, 7) is 0.759. The summed E-state index contributed by atoms with van der Waals surface area (Å²) < 4.78 is 5.19. The van der Waals surface area contributed by atoms with Crippen LogP contribution in [0.15, 0.2) is 65.4 Å². The van der Waals surface area contributed by atoms with Crippen molar-refractivity contribution in [3.63, 3.8) is 0 Å². The molecule has 120 valence electrons. The van der Waals surface area contributed by atoms with Crippen molar-refractivity contribution in [2.45, 2.75) is 12.5 Å². The summed E-state index contributed by atoms with van der Waals surface area (Å²) in [6, 6.07) is 17.5.